The van der Waals surface area contributed by atoms with Crippen molar-refractivity contribution in [3.63, 3.8) is 0 Å². The van der Waals surface area contributed by atoms with E-state index in [0.29, 0.717) is 18.7 Å². The topological polar surface area (TPSA) is 75.7 Å². The third-order valence-electron chi connectivity index (χ3n) is 4.74. The van der Waals surface area contributed by atoms with Gasteiger partial charge in [-0.25, -0.2) is 8.42 Å². The van der Waals surface area contributed by atoms with E-state index in [-0.39, 0.29) is 29.1 Å². The Morgan fingerprint density at radius 1 is 1.26 bits per heavy atom. The lowest BCUT2D eigenvalue weighted by atomic mass is 10.1. The van der Waals surface area contributed by atoms with Gasteiger partial charge in [-0.2, -0.15) is 4.31 Å². The molecule has 1 aliphatic heterocycles. The molecule has 0 saturated carbocycles. The minimum Gasteiger partial charge on any atom is -0.373 e. The third-order valence-corrected chi connectivity index (χ3v) is 6.57. The number of nitrogens with zero attached hydrogens (tertiary/aromatic N) is 1. The van der Waals surface area contributed by atoms with Gasteiger partial charge in [0, 0.05) is 24.7 Å². The summed E-state index contributed by atoms with van der Waals surface area (Å²) in [6.07, 6.45) is 3.96. The van der Waals surface area contributed by atoms with E-state index in [1.54, 1.807) is 18.2 Å². The molecule has 27 heavy (non-hydrogen) atoms. The zero-order valence-electron chi connectivity index (χ0n) is 16.8. The Morgan fingerprint density at radius 2 is 1.93 bits per heavy atom. The molecule has 1 aliphatic rings. The molecule has 0 spiro atoms. The van der Waals surface area contributed by atoms with Crippen molar-refractivity contribution in [3.8, 4) is 0 Å². The van der Waals surface area contributed by atoms with Gasteiger partial charge in [0.1, 0.15) is 0 Å². The van der Waals surface area contributed by atoms with Crippen molar-refractivity contribution in [1.82, 2.24) is 9.62 Å². The van der Waals surface area contributed by atoms with Crippen LogP contribution in [0.15, 0.2) is 29.2 Å². The fourth-order valence-electron chi connectivity index (χ4n) is 3.35. The Bertz CT molecular complexity index is 725. The molecule has 1 aromatic rings. The van der Waals surface area contributed by atoms with Crippen LogP contribution in [0.25, 0.3) is 0 Å². The van der Waals surface area contributed by atoms with Crippen LogP contribution in [0.4, 0.5) is 0 Å². The van der Waals surface area contributed by atoms with Crippen molar-refractivity contribution in [2.45, 2.75) is 76.5 Å². The average molecular weight is 397 g/mol. The highest BCUT2D eigenvalue weighted by atomic mass is 32.2. The van der Waals surface area contributed by atoms with Gasteiger partial charge in [0.15, 0.2) is 0 Å². The van der Waals surface area contributed by atoms with Crippen LogP contribution in [0.3, 0.4) is 0 Å². The predicted molar refractivity (Wildman–Crippen MR) is 106 cm³/mol. The summed E-state index contributed by atoms with van der Waals surface area (Å²) in [6.45, 7) is 8.48. The number of morpholine rings is 1. The van der Waals surface area contributed by atoms with Crippen LogP contribution in [0.5, 0.6) is 0 Å². The van der Waals surface area contributed by atoms with Crippen molar-refractivity contribution < 1.29 is 17.9 Å². The van der Waals surface area contributed by atoms with Gasteiger partial charge in [0.25, 0.3) is 5.91 Å². The molecular formula is C20H32N2O4S. The van der Waals surface area contributed by atoms with Gasteiger partial charge in [-0.05, 0) is 45.4 Å². The molecule has 1 saturated heterocycles. The fraction of sp³-hybridized carbons (Fsp3) is 0.650. The molecule has 2 rings (SSSR count). The number of carbonyl (C=O) groups is 1. The molecule has 3 atom stereocenters. The molecule has 0 radical (unpaired) electrons. The first-order valence-electron chi connectivity index (χ1n) is 9.80. The Kier molecular flexibility index (Phi) is 7.82. The summed E-state index contributed by atoms with van der Waals surface area (Å²) in [7, 11) is -3.66. The number of benzene rings is 1. The Morgan fingerprint density at radius 3 is 2.56 bits per heavy atom. The van der Waals surface area contributed by atoms with Gasteiger partial charge in [-0.1, -0.05) is 32.3 Å². The van der Waals surface area contributed by atoms with E-state index in [1.807, 2.05) is 20.8 Å². The third kappa shape index (κ3) is 6.02. The molecule has 1 heterocycles. The highest BCUT2D eigenvalue weighted by Gasteiger charge is 2.32. The molecule has 152 valence electrons. The maximum absolute atomic E-state index is 13.0. The number of amides is 1. The first kappa shape index (κ1) is 21.9. The van der Waals surface area contributed by atoms with Gasteiger partial charge in [-0.3, -0.25) is 4.79 Å². The lowest BCUT2D eigenvalue weighted by Crippen LogP contribution is -2.48. The minimum atomic E-state index is -3.66. The normalized spacial score (nSPS) is 22.4. The lowest BCUT2D eigenvalue weighted by molar-refractivity contribution is -0.0440. The number of sulfonamides is 1. The second kappa shape index (κ2) is 9.66. The molecular weight excluding hydrogens is 364 g/mol. The average Bonchev–Trinajstić information content (AvgIpc) is 2.61. The quantitative estimate of drug-likeness (QED) is 0.685. The van der Waals surface area contributed by atoms with E-state index in [1.165, 1.54) is 10.4 Å². The number of carbonyl (C=O) groups excluding carboxylic acids is 1. The van der Waals surface area contributed by atoms with E-state index in [4.69, 9.17) is 4.74 Å². The molecule has 1 fully saturated rings. The zero-order chi connectivity index (χ0) is 20.0. The van der Waals surface area contributed by atoms with Gasteiger partial charge in [-0.15, -0.1) is 0 Å². The highest BCUT2D eigenvalue weighted by molar-refractivity contribution is 7.89. The van der Waals surface area contributed by atoms with E-state index in [9.17, 15) is 13.2 Å². The molecule has 0 aromatic heterocycles. The van der Waals surface area contributed by atoms with E-state index in [0.717, 1.165) is 25.7 Å². The van der Waals surface area contributed by atoms with Gasteiger partial charge >= 0.3 is 0 Å². The summed E-state index contributed by atoms with van der Waals surface area (Å²) in [4.78, 5) is 12.7. The summed E-state index contributed by atoms with van der Waals surface area (Å²) >= 11 is 0. The number of hydrogen-bond donors (Lipinski definition) is 1. The number of rotatable bonds is 8. The maximum Gasteiger partial charge on any atom is 0.251 e. The summed E-state index contributed by atoms with van der Waals surface area (Å²) in [6, 6.07) is 6.34. The van der Waals surface area contributed by atoms with Gasteiger partial charge in [0.2, 0.25) is 10.0 Å². The Balaban J connectivity index is 2.10. The predicted octanol–water partition coefficient (Wildman–Crippen LogP) is 3.18. The Hall–Kier alpha value is -1.44. The second-order valence-corrected chi connectivity index (χ2v) is 9.42. The molecule has 1 N–H and O–H groups in total. The standard InChI is InChI=1S/C20H32N2O4S/c1-5-6-7-9-15(2)21-20(23)18-10-8-11-19(12-18)27(24,25)22-13-16(3)26-17(4)14-22/h8,10-12,15-17H,5-7,9,13-14H2,1-4H3,(H,21,23). The molecule has 0 aliphatic carbocycles. The smallest absolute Gasteiger partial charge is 0.251 e. The highest BCUT2D eigenvalue weighted by Crippen LogP contribution is 2.22. The molecule has 1 amide bonds. The first-order valence-corrected chi connectivity index (χ1v) is 11.2. The van der Waals surface area contributed by atoms with Crippen molar-refractivity contribution in [1.29, 1.82) is 0 Å². The molecule has 7 heteroatoms. The van der Waals surface area contributed by atoms with Gasteiger partial charge in [0.05, 0.1) is 17.1 Å². The second-order valence-electron chi connectivity index (χ2n) is 7.48. The monoisotopic (exact) mass is 396 g/mol. The van der Waals surface area contributed by atoms with Crippen LogP contribution in [-0.4, -0.2) is 50.0 Å². The summed E-state index contributed by atoms with van der Waals surface area (Å²) in [5.74, 6) is -0.236. The molecule has 0 bridgehead atoms. The maximum atomic E-state index is 13.0. The Labute approximate surface area is 163 Å². The van der Waals surface area contributed by atoms with Crippen LogP contribution >= 0.6 is 0 Å². The number of hydrogen-bond acceptors (Lipinski definition) is 4. The number of ether oxygens (including phenoxy) is 1. The number of unbranched alkanes of at least 4 members (excludes halogenated alkanes) is 2. The van der Waals surface area contributed by atoms with Crippen molar-refractivity contribution >= 4 is 15.9 Å². The van der Waals surface area contributed by atoms with Gasteiger partial charge < -0.3 is 10.1 Å². The SMILES string of the molecule is CCCCCC(C)NC(=O)c1cccc(S(=O)(=O)N2CC(C)OC(C)C2)c1. The molecule has 3 unspecified atom stereocenters. The molecule has 1 aromatic carbocycles. The van der Waals surface area contributed by atoms with Crippen LogP contribution < -0.4 is 5.32 Å². The van der Waals surface area contributed by atoms with E-state index >= 15 is 0 Å². The summed E-state index contributed by atoms with van der Waals surface area (Å²) in [5.41, 5.74) is 0.368. The largest absolute Gasteiger partial charge is 0.373 e. The molecule has 6 nitrogen and oxygen atoms in total. The summed E-state index contributed by atoms with van der Waals surface area (Å²) < 4.78 is 33.0. The van der Waals surface area contributed by atoms with Crippen molar-refractivity contribution in [2.24, 2.45) is 0 Å². The van der Waals surface area contributed by atoms with E-state index in [2.05, 4.69) is 12.2 Å². The minimum absolute atomic E-state index is 0.0604. The van der Waals surface area contributed by atoms with E-state index < -0.39 is 10.0 Å². The van der Waals surface area contributed by atoms with Crippen LogP contribution in [0, 0.1) is 0 Å². The first-order chi connectivity index (χ1) is 12.7. The van der Waals surface area contributed by atoms with Crippen LogP contribution in [-0.2, 0) is 14.8 Å². The fourth-order valence-corrected chi connectivity index (χ4v) is 4.99. The zero-order valence-corrected chi connectivity index (χ0v) is 17.6. The number of nitrogens with one attached hydrogen (secondary N) is 1. The van der Waals surface area contributed by atoms with Crippen LogP contribution in [0.1, 0.15) is 63.7 Å². The lowest BCUT2D eigenvalue weighted by Gasteiger charge is -2.34. The van der Waals surface area contributed by atoms with Crippen molar-refractivity contribution in [2.75, 3.05) is 13.1 Å². The van der Waals surface area contributed by atoms with Crippen LogP contribution in [0.2, 0.25) is 0 Å². The van der Waals surface area contributed by atoms with Crippen molar-refractivity contribution in [3.05, 3.63) is 29.8 Å². The summed E-state index contributed by atoms with van der Waals surface area (Å²) in [5, 5.41) is 2.96.